The van der Waals surface area contributed by atoms with E-state index in [0.717, 1.165) is 0 Å². The van der Waals surface area contributed by atoms with Gasteiger partial charge in [-0.15, -0.1) is 6.58 Å². The average molecular weight is 629 g/mol. The molecule has 2 heterocycles. The number of nitrogens with two attached hydrogens (primary N) is 1. The Morgan fingerprint density at radius 2 is 1.93 bits per heavy atom. The van der Waals surface area contributed by atoms with Gasteiger partial charge in [0.1, 0.15) is 29.3 Å². The maximum atomic E-state index is 13.9. The topological polar surface area (TPSA) is 183 Å². The lowest BCUT2D eigenvalue weighted by atomic mass is 9.86. The van der Waals surface area contributed by atoms with Gasteiger partial charge in [-0.1, -0.05) is 26.8 Å². The monoisotopic (exact) mass is 628 g/mol. The Hall–Kier alpha value is -3.78. The minimum Gasteiger partial charge on any atom is -0.497 e. The van der Waals surface area contributed by atoms with Crippen LogP contribution in [0.25, 0.3) is 10.9 Å². The van der Waals surface area contributed by atoms with Crippen LogP contribution in [0.3, 0.4) is 0 Å². The predicted octanol–water partition coefficient (Wildman–Crippen LogP) is 1.34. The molecule has 5 rings (SSSR count). The van der Waals surface area contributed by atoms with Crippen molar-refractivity contribution in [1.29, 1.82) is 0 Å². The Morgan fingerprint density at radius 1 is 1.23 bits per heavy atom. The zero-order valence-electron chi connectivity index (χ0n) is 25.6. The molecule has 2 saturated carbocycles. The second-order valence-corrected chi connectivity index (χ2v) is 14.9. The number of methoxy groups -OCH3 is 1. The number of aryl methyl sites for hydroxylation is 1. The van der Waals surface area contributed by atoms with Gasteiger partial charge in [-0.05, 0) is 49.8 Å². The van der Waals surface area contributed by atoms with Crippen LogP contribution in [0.4, 0.5) is 0 Å². The summed E-state index contributed by atoms with van der Waals surface area (Å²) in [4.78, 5) is 51.2. The summed E-state index contributed by atoms with van der Waals surface area (Å²) in [5, 5.41) is 2.77. The molecule has 2 aliphatic carbocycles. The van der Waals surface area contributed by atoms with Crippen molar-refractivity contribution in [1.82, 2.24) is 24.9 Å². The van der Waals surface area contributed by atoms with Crippen LogP contribution in [0.2, 0.25) is 0 Å². The van der Waals surface area contributed by atoms with Crippen molar-refractivity contribution >= 4 is 38.6 Å². The highest BCUT2D eigenvalue weighted by Gasteiger charge is 2.62. The molecule has 1 aromatic heterocycles. The summed E-state index contributed by atoms with van der Waals surface area (Å²) in [5.41, 5.74) is 4.90. The molecular weight excluding hydrogens is 588 g/mol. The first-order valence-electron chi connectivity index (χ1n) is 14.7. The van der Waals surface area contributed by atoms with Gasteiger partial charge >= 0.3 is 0 Å². The summed E-state index contributed by atoms with van der Waals surface area (Å²) in [7, 11) is -2.30. The third kappa shape index (κ3) is 6.09. The van der Waals surface area contributed by atoms with E-state index >= 15 is 0 Å². The fraction of sp³-hybridized carbons (Fsp3) is 0.567. The largest absolute Gasteiger partial charge is 0.497 e. The van der Waals surface area contributed by atoms with Crippen molar-refractivity contribution in [3.05, 3.63) is 36.7 Å². The van der Waals surface area contributed by atoms with Gasteiger partial charge in [-0.3, -0.25) is 19.1 Å². The molecular formula is C30H40N6O7S. The average Bonchev–Trinajstić information content (AvgIpc) is 3.88. The highest BCUT2D eigenvalue weighted by Crippen LogP contribution is 2.45. The van der Waals surface area contributed by atoms with Gasteiger partial charge < -0.3 is 25.4 Å². The summed E-state index contributed by atoms with van der Waals surface area (Å²) >= 11 is 0. The molecule has 3 aliphatic rings. The number of nitrogens with one attached hydrogen (secondary N) is 2. The maximum Gasteiger partial charge on any atom is 0.259 e. The quantitative estimate of drug-likeness (QED) is 0.325. The number of hydrogen-bond donors (Lipinski definition) is 3. The van der Waals surface area contributed by atoms with E-state index in [9.17, 15) is 22.8 Å². The summed E-state index contributed by atoms with van der Waals surface area (Å²) in [6.07, 6.45) is 2.09. The zero-order valence-corrected chi connectivity index (χ0v) is 26.4. The van der Waals surface area contributed by atoms with Crippen LogP contribution >= 0.6 is 0 Å². The normalized spacial score (nSPS) is 25.7. The van der Waals surface area contributed by atoms with Gasteiger partial charge in [0.25, 0.3) is 5.91 Å². The number of amides is 3. The van der Waals surface area contributed by atoms with Crippen molar-refractivity contribution in [2.45, 2.75) is 82.4 Å². The number of benzene rings is 1. The van der Waals surface area contributed by atoms with Crippen LogP contribution in [0.5, 0.6) is 11.6 Å². The minimum atomic E-state index is -3.84. The van der Waals surface area contributed by atoms with Crippen molar-refractivity contribution in [2.75, 3.05) is 13.7 Å². The van der Waals surface area contributed by atoms with Crippen LogP contribution in [0, 0.1) is 18.3 Å². The Bertz CT molecular complexity index is 1620. The standard InChI is InChI=1S/C30H40N6O7S/c1-7-17-14-30(17,28(39)35-44(40,41)20-9-10-20)34-25(37)23-13-19(15-36(23)27(38)24(31)29(3,4)5)43-26-21-12-18(42-6)8-11-22(21)32-16(2)33-26/h7-8,11-12,17,19-20,23-24H,1,9-10,13-15,31H2,2-6H3,(H,34,37)(H,35,39). The van der Waals surface area contributed by atoms with Crippen LogP contribution in [0.15, 0.2) is 30.9 Å². The zero-order chi connectivity index (χ0) is 32.2. The molecule has 5 atom stereocenters. The lowest BCUT2D eigenvalue weighted by Crippen LogP contribution is -2.59. The second-order valence-electron chi connectivity index (χ2n) is 13.0. The van der Waals surface area contributed by atoms with Gasteiger partial charge in [0.2, 0.25) is 27.7 Å². The summed E-state index contributed by atoms with van der Waals surface area (Å²) in [5.74, 6) is -1.000. The Balaban J connectivity index is 1.42. The number of likely N-dealkylation sites (tertiary alicyclic amines) is 1. The lowest BCUT2D eigenvalue weighted by Gasteiger charge is -2.33. The number of hydrogen-bond acceptors (Lipinski definition) is 10. The third-order valence-corrected chi connectivity index (χ3v) is 10.4. The SMILES string of the molecule is C=CC1CC1(NC(=O)C1CC(Oc2nc(C)nc3ccc(OC)cc23)CN1C(=O)C(N)C(C)(C)C)C(=O)NS(=O)(=O)C1CC1. The predicted molar refractivity (Wildman–Crippen MR) is 162 cm³/mol. The Morgan fingerprint density at radius 3 is 2.52 bits per heavy atom. The summed E-state index contributed by atoms with van der Waals surface area (Å²) in [6, 6.07) is 3.35. The fourth-order valence-corrected chi connectivity index (χ4v) is 6.87. The number of sulfonamides is 1. The molecule has 5 unspecified atom stereocenters. The lowest BCUT2D eigenvalue weighted by molar-refractivity contribution is -0.142. The smallest absolute Gasteiger partial charge is 0.259 e. The van der Waals surface area contributed by atoms with E-state index in [4.69, 9.17) is 15.2 Å². The molecule has 13 nitrogen and oxygen atoms in total. The number of carbonyl (C=O) groups is 3. The maximum absolute atomic E-state index is 13.9. The number of rotatable bonds is 10. The first kappa shape index (κ1) is 31.6. The number of carbonyl (C=O) groups excluding carboxylic acids is 3. The Labute approximate surface area is 257 Å². The van der Waals surface area contributed by atoms with Crippen LogP contribution < -0.4 is 25.2 Å². The number of aromatic nitrogens is 2. The van der Waals surface area contributed by atoms with E-state index in [-0.39, 0.29) is 25.3 Å². The molecule has 0 radical (unpaired) electrons. The van der Waals surface area contributed by atoms with Gasteiger partial charge in [-0.25, -0.2) is 13.4 Å². The Kier molecular flexibility index (Phi) is 8.12. The number of nitrogens with zero attached hydrogens (tertiary/aromatic N) is 3. The van der Waals surface area contributed by atoms with Gasteiger partial charge in [0.05, 0.1) is 35.8 Å². The molecule has 0 bridgehead atoms. The van der Waals surface area contributed by atoms with Crippen LogP contribution in [-0.4, -0.2) is 83.6 Å². The van der Waals surface area contributed by atoms with E-state index in [1.54, 1.807) is 32.2 Å². The first-order chi connectivity index (χ1) is 20.6. The van der Waals surface area contributed by atoms with Gasteiger partial charge in [0.15, 0.2) is 0 Å². The molecule has 0 spiro atoms. The number of ether oxygens (including phenoxy) is 2. The van der Waals surface area contributed by atoms with E-state index in [1.165, 1.54) is 11.0 Å². The molecule has 44 heavy (non-hydrogen) atoms. The first-order valence-corrected chi connectivity index (χ1v) is 16.2. The van der Waals surface area contributed by atoms with Crippen molar-refractivity contribution in [3.63, 3.8) is 0 Å². The van der Waals surface area contributed by atoms with Crippen molar-refractivity contribution < 1.29 is 32.3 Å². The van der Waals surface area contributed by atoms with Crippen LogP contribution in [0.1, 0.15) is 52.3 Å². The minimum absolute atomic E-state index is 0.0371. The van der Waals surface area contributed by atoms with Crippen LogP contribution in [-0.2, 0) is 24.4 Å². The van der Waals surface area contributed by atoms with Crippen molar-refractivity contribution in [3.8, 4) is 11.6 Å². The van der Waals surface area contributed by atoms with E-state index in [1.807, 2.05) is 20.8 Å². The van der Waals surface area contributed by atoms with E-state index < -0.39 is 68.1 Å². The van der Waals surface area contributed by atoms with E-state index in [0.29, 0.717) is 35.3 Å². The molecule has 4 N–H and O–H groups in total. The molecule has 1 aromatic carbocycles. The molecule has 14 heteroatoms. The highest BCUT2D eigenvalue weighted by molar-refractivity contribution is 7.91. The van der Waals surface area contributed by atoms with Crippen molar-refractivity contribution in [2.24, 2.45) is 17.1 Å². The molecule has 1 saturated heterocycles. The van der Waals surface area contributed by atoms with Gasteiger partial charge in [-0.2, -0.15) is 4.98 Å². The number of fused-ring (bicyclic) bond motifs is 1. The summed E-state index contributed by atoms with van der Waals surface area (Å²) in [6.45, 7) is 11.0. The van der Waals surface area contributed by atoms with E-state index in [2.05, 4.69) is 26.6 Å². The second kappa shape index (κ2) is 11.3. The highest BCUT2D eigenvalue weighted by atomic mass is 32.2. The molecule has 2 aromatic rings. The molecule has 3 fully saturated rings. The molecule has 1 aliphatic heterocycles. The fourth-order valence-electron chi connectivity index (χ4n) is 5.51. The molecule has 3 amide bonds. The molecule has 238 valence electrons. The van der Waals surface area contributed by atoms with Gasteiger partial charge in [0, 0.05) is 12.3 Å². The third-order valence-electron chi connectivity index (χ3n) is 8.55. The summed E-state index contributed by atoms with van der Waals surface area (Å²) < 4.78 is 38.9.